The number of carbonyl (C=O) groups is 1. The number of aliphatic hydroxyl groups is 2. The van der Waals surface area contributed by atoms with Gasteiger partial charge in [0, 0.05) is 13.3 Å². The molecule has 6 N–H and O–H groups in total. The Labute approximate surface area is 202 Å². The summed E-state index contributed by atoms with van der Waals surface area (Å²) in [5.41, 5.74) is 3.44. The molecule has 12 nitrogen and oxygen atoms in total. The van der Waals surface area contributed by atoms with Gasteiger partial charge in [0.15, 0.2) is 12.0 Å². The molecule has 0 saturated heterocycles. The van der Waals surface area contributed by atoms with Gasteiger partial charge in [-0.25, -0.2) is 9.88 Å². The highest BCUT2D eigenvalue weighted by Crippen LogP contribution is 2.36. The molecule has 2 rings (SSSR count). The predicted molar refractivity (Wildman–Crippen MR) is 126 cm³/mol. The Balaban J connectivity index is 2.13. The number of nitrogens with two attached hydrogens (primary N) is 1. The summed E-state index contributed by atoms with van der Waals surface area (Å²) in [6.45, 7) is 2.74. The van der Waals surface area contributed by atoms with Gasteiger partial charge in [-0.05, 0) is 32.0 Å². The third-order valence-electron chi connectivity index (χ3n) is 4.36. The zero-order valence-electron chi connectivity index (χ0n) is 18.9. The van der Waals surface area contributed by atoms with Gasteiger partial charge in [0.05, 0.1) is 6.10 Å². The van der Waals surface area contributed by atoms with Gasteiger partial charge in [-0.2, -0.15) is 0 Å². The molecule has 34 heavy (non-hydrogen) atoms. The highest BCUT2D eigenvalue weighted by molar-refractivity contribution is 7.71. The standard InChI is InChI=1S/C20H29N4O8PS/c1-13(2)31-16(25)11-22-33(32-14-7-5-4-6-8-14)30-12-20(21,29-3)17(26)18(27)24-10-9-15(34)23-19(24)28/h4-10,13,17-18,22,26-27H,11-12,21H2,1-3H3,(H,23,28,34). The van der Waals surface area contributed by atoms with E-state index >= 15 is 0 Å². The summed E-state index contributed by atoms with van der Waals surface area (Å²) in [6.07, 6.45) is -2.69. The second kappa shape index (κ2) is 13.0. The van der Waals surface area contributed by atoms with E-state index in [1.54, 1.807) is 44.2 Å². The number of aromatic amines is 1. The molecule has 2 aromatic rings. The first-order valence-electron chi connectivity index (χ1n) is 10.2. The van der Waals surface area contributed by atoms with Crippen LogP contribution in [0.5, 0.6) is 5.75 Å². The Hall–Kier alpha value is -2.22. The summed E-state index contributed by atoms with van der Waals surface area (Å²) in [7, 11) is -0.763. The molecule has 0 fully saturated rings. The predicted octanol–water partition coefficient (Wildman–Crippen LogP) is 0.923. The van der Waals surface area contributed by atoms with Crippen LogP contribution in [0, 0.1) is 4.64 Å². The summed E-state index contributed by atoms with van der Waals surface area (Å²) >= 11 is 4.86. The van der Waals surface area contributed by atoms with E-state index in [0.717, 1.165) is 4.57 Å². The molecule has 0 spiro atoms. The third-order valence-corrected chi connectivity index (χ3v) is 5.75. The second-order valence-corrected chi connectivity index (χ2v) is 9.05. The fraction of sp³-hybridized carbons (Fsp3) is 0.450. The molecule has 1 aromatic heterocycles. The van der Waals surface area contributed by atoms with Crippen LogP contribution in [0.15, 0.2) is 47.4 Å². The number of methoxy groups -OCH3 is 1. The average molecular weight is 517 g/mol. The van der Waals surface area contributed by atoms with Crippen molar-refractivity contribution in [3.63, 3.8) is 0 Å². The zero-order valence-corrected chi connectivity index (χ0v) is 20.6. The number of benzene rings is 1. The van der Waals surface area contributed by atoms with E-state index < -0.39 is 44.8 Å². The van der Waals surface area contributed by atoms with Gasteiger partial charge >= 0.3 is 20.2 Å². The van der Waals surface area contributed by atoms with Crippen molar-refractivity contribution < 1.29 is 33.5 Å². The number of carbonyl (C=O) groups excluding carboxylic acids is 1. The van der Waals surface area contributed by atoms with E-state index in [4.69, 9.17) is 36.5 Å². The summed E-state index contributed by atoms with van der Waals surface area (Å²) in [6, 6.07) is 10.0. The number of rotatable bonds is 13. The molecule has 0 bridgehead atoms. The maximum Gasteiger partial charge on any atom is 0.328 e. The van der Waals surface area contributed by atoms with Crippen molar-refractivity contribution in [1.29, 1.82) is 0 Å². The van der Waals surface area contributed by atoms with Crippen LogP contribution in [0.2, 0.25) is 0 Å². The molecule has 14 heteroatoms. The monoisotopic (exact) mass is 516 g/mol. The molecule has 0 aliphatic heterocycles. The first kappa shape index (κ1) is 28.0. The van der Waals surface area contributed by atoms with Gasteiger partial charge < -0.3 is 28.7 Å². The van der Waals surface area contributed by atoms with Crippen molar-refractivity contribution in [2.24, 2.45) is 5.73 Å². The molecule has 0 saturated carbocycles. The van der Waals surface area contributed by atoms with Crippen LogP contribution < -0.4 is 21.0 Å². The van der Waals surface area contributed by atoms with Gasteiger partial charge in [-0.15, -0.1) is 0 Å². The Bertz CT molecular complexity index is 1040. The van der Waals surface area contributed by atoms with Crippen molar-refractivity contribution in [3.8, 4) is 5.75 Å². The third kappa shape index (κ3) is 8.22. The number of nitrogens with zero attached hydrogens (tertiary/aromatic N) is 1. The lowest BCUT2D eigenvalue weighted by Gasteiger charge is -2.36. The molecule has 0 amide bonds. The molecule has 4 unspecified atom stereocenters. The highest BCUT2D eigenvalue weighted by Gasteiger charge is 2.41. The Morgan fingerprint density at radius 3 is 2.56 bits per heavy atom. The normalized spacial score (nSPS) is 15.9. The highest BCUT2D eigenvalue weighted by atomic mass is 32.1. The van der Waals surface area contributed by atoms with Crippen LogP contribution in [0.25, 0.3) is 0 Å². The fourth-order valence-corrected chi connectivity index (χ4v) is 3.83. The van der Waals surface area contributed by atoms with Crippen molar-refractivity contribution in [2.75, 3.05) is 20.3 Å². The molecule has 0 aliphatic carbocycles. The maximum atomic E-state index is 12.1. The van der Waals surface area contributed by atoms with Gasteiger partial charge in [0.1, 0.15) is 29.6 Å². The number of ether oxygens (including phenoxy) is 2. The molecule has 0 aliphatic rings. The lowest BCUT2D eigenvalue weighted by atomic mass is 10.1. The van der Waals surface area contributed by atoms with Crippen LogP contribution in [0.1, 0.15) is 20.1 Å². The molecule has 0 radical (unpaired) electrons. The maximum absolute atomic E-state index is 12.1. The summed E-state index contributed by atoms with van der Waals surface area (Å²) in [5.74, 6) is -0.0742. The summed E-state index contributed by atoms with van der Waals surface area (Å²) < 4.78 is 22.7. The van der Waals surface area contributed by atoms with Crippen LogP contribution >= 0.6 is 20.7 Å². The van der Waals surface area contributed by atoms with Gasteiger partial charge in [0.25, 0.3) is 0 Å². The van der Waals surface area contributed by atoms with Gasteiger partial charge in [-0.3, -0.25) is 20.1 Å². The minimum absolute atomic E-state index is 0.155. The molecule has 4 atom stereocenters. The molecule has 1 heterocycles. The van der Waals surface area contributed by atoms with Crippen molar-refractivity contribution in [3.05, 3.63) is 57.7 Å². The Morgan fingerprint density at radius 2 is 1.97 bits per heavy atom. The number of aliphatic hydroxyl groups excluding tert-OH is 2. The number of hydrogen-bond acceptors (Lipinski definition) is 11. The molecule has 188 valence electrons. The summed E-state index contributed by atoms with van der Waals surface area (Å²) in [4.78, 5) is 26.3. The largest absolute Gasteiger partial charge is 0.462 e. The first-order chi connectivity index (χ1) is 16.1. The summed E-state index contributed by atoms with van der Waals surface area (Å²) in [5, 5.41) is 24.0. The number of aromatic nitrogens is 2. The SMILES string of the molecule is COC(N)(COP(NCC(=O)OC(C)C)Oc1ccccc1)C(O)C(O)n1ccc(=S)[nH]c1=O. The number of esters is 1. The van der Waals surface area contributed by atoms with Crippen LogP contribution in [-0.2, 0) is 18.8 Å². The lowest BCUT2D eigenvalue weighted by Crippen LogP contribution is -2.59. The number of para-hydroxylation sites is 1. The van der Waals surface area contributed by atoms with E-state index in [-0.39, 0.29) is 17.3 Å². The van der Waals surface area contributed by atoms with E-state index in [9.17, 15) is 19.8 Å². The van der Waals surface area contributed by atoms with Crippen molar-refractivity contribution in [2.45, 2.75) is 38.0 Å². The van der Waals surface area contributed by atoms with E-state index in [0.29, 0.717) is 5.75 Å². The van der Waals surface area contributed by atoms with Gasteiger partial charge in [0.2, 0.25) is 0 Å². The quantitative estimate of drug-likeness (QED) is 0.111. The molecule has 1 aromatic carbocycles. The Kier molecular flexibility index (Phi) is 10.7. The fourth-order valence-electron chi connectivity index (χ4n) is 2.58. The second-order valence-electron chi connectivity index (χ2n) is 7.34. The average Bonchev–Trinajstić information content (AvgIpc) is 2.80. The smallest absolute Gasteiger partial charge is 0.328 e. The van der Waals surface area contributed by atoms with E-state index in [1.807, 2.05) is 0 Å². The topological polar surface area (TPSA) is 170 Å². The minimum Gasteiger partial charge on any atom is -0.462 e. The lowest BCUT2D eigenvalue weighted by molar-refractivity contribution is -0.174. The van der Waals surface area contributed by atoms with Crippen LogP contribution in [-0.4, -0.2) is 63.9 Å². The molecular weight excluding hydrogens is 487 g/mol. The van der Waals surface area contributed by atoms with Gasteiger partial charge in [-0.1, -0.05) is 30.4 Å². The first-order valence-corrected chi connectivity index (χ1v) is 11.7. The van der Waals surface area contributed by atoms with Crippen molar-refractivity contribution in [1.82, 2.24) is 14.6 Å². The zero-order chi connectivity index (χ0) is 25.3. The number of H-pyrrole nitrogens is 1. The number of nitrogens with one attached hydrogen (secondary N) is 2. The van der Waals surface area contributed by atoms with E-state index in [1.165, 1.54) is 19.4 Å². The number of hydrogen-bond donors (Lipinski definition) is 5. The molecular formula is C20H29N4O8PS. The minimum atomic E-state index is -1.97. The Morgan fingerprint density at radius 1 is 1.29 bits per heavy atom. The van der Waals surface area contributed by atoms with Crippen LogP contribution in [0.3, 0.4) is 0 Å². The van der Waals surface area contributed by atoms with Crippen LogP contribution in [0.4, 0.5) is 0 Å². The van der Waals surface area contributed by atoms with E-state index in [2.05, 4.69) is 10.1 Å². The van der Waals surface area contributed by atoms with Crippen molar-refractivity contribution >= 4 is 26.7 Å².